The molecule has 1 fully saturated rings. The van der Waals surface area contributed by atoms with Gasteiger partial charge >= 0.3 is 5.69 Å². The molecule has 118 valence electrons. The Morgan fingerprint density at radius 1 is 1.32 bits per heavy atom. The minimum absolute atomic E-state index is 0.151. The number of benzene rings is 1. The normalized spacial score (nSPS) is 18.5. The van der Waals surface area contributed by atoms with Gasteiger partial charge < -0.3 is 0 Å². The molecule has 1 aliphatic rings. The quantitative estimate of drug-likeness (QED) is 0.909. The molecule has 0 bridgehead atoms. The lowest BCUT2D eigenvalue weighted by molar-refractivity contribution is 0.113. The Kier molecular flexibility index (Phi) is 4.33. The van der Waals surface area contributed by atoms with E-state index in [1.807, 2.05) is 0 Å². The van der Waals surface area contributed by atoms with E-state index >= 15 is 0 Å². The maximum atomic E-state index is 14.5. The van der Waals surface area contributed by atoms with Gasteiger partial charge in [-0.2, -0.15) is 5.10 Å². The number of rotatable bonds is 4. The fourth-order valence-electron chi connectivity index (χ4n) is 2.95. The van der Waals surface area contributed by atoms with Crippen LogP contribution < -0.4 is 5.69 Å². The van der Waals surface area contributed by atoms with Crippen molar-refractivity contribution in [2.45, 2.75) is 25.6 Å². The Hall–Kier alpha value is -2.02. The van der Waals surface area contributed by atoms with Crippen molar-refractivity contribution >= 4 is 0 Å². The van der Waals surface area contributed by atoms with Crippen LogP contribution in [0.25, 0.3) is 0 Å². The molecule has 1 aromatic heterocycles. The summed E-state index contributed by atoms with van der Waals surface area (Å²) in [6, 6.07) is 6.04. The molecular weight excluding hydrogens is 290 g/mol. The molecule has 0 radical (unpaired) electrons. The smallest absolute Gasteiger partial charge is 0.296 e. The molecule has 2 aromatic rings. The summed E-state index contributed by atoms with van der Waals surface area (Å²) < 4.78 is 28.2. The highest BCUT2D eigenvalue weighted by atomic mass is 19.1. The lowest BCUT2D eigenvalue weighted by atomic mass is 9.88. The highest BCUT2D eigenvalue weighted by molar-refractivity contribution is 5.20. The molecule has 3 rings (SSSR count). The van der Waals surface area contributed by atoms with E-state index in [0.29, 0.717) is 38.3 Å². The van der Waals surface area contributed by atoms with Crippen molar-refractivity contribution in [3.63, 3.8) is 0 Å². The first-order valence-corrected chi connectivity index (χ1v) is 7.38. The molecule has 22 heavy (non-hydrogen) atoms. The van der Waals surface area contributed by atoms with Gasteiger partial charge in [0.2, 0.25) is 0 Å². The topological polar surface area (TPSA) is 64.8 Å². The Morgan fingerprint density at radius 2 is 2.05 bits per heavy atom. The van der Waals surface area contributed by atoms with E-state index in [0.717, 1.165) is 0 Å². The van der Waals surface area contributed by atoms with Crippen LogP contribution in [0.1, 0.15) is 30.4 Å². The van der Waals surface area contributed by atoms with Crippen LogP contribution in [0, 0.1) is 11.7 Å². The number of H-pyrrole nitrogens is 2. The second kappa shape index (κ2) is 6.39. The van der Waals surface area contributed by atoms with Crippen LogP contribution in [0.3, 0.4) is 0 Å². The molecule has 1 aromatic carbocycles. The number of aromatic amines is 2. The summed E-state index contributed by atoms with van der Waals surface area (Å²) in [6.07, 6.45) is 0.0439. The van der Waals surface area contributed by atoms with Gasteiger partial charge in [0, 0.05) is 5.56 Å². The Balaban J connectivity index is 1.57. The van der Waals surface area contributed by atoms with Crippen LogP contribution in [0.5, 0.6) is 0 Å². The van der Waals surface area contributed by atoms with E-state index in [1.54, 1.807) is 12.1 Å². The second-order valence-electron chi connectivity index (χ2n) is 5.66. The summed E-state index contributed by atoms with van der Waals surface area (Å²) in [5, 5.41) is 6.19. The standard InChI is InChI=1S/C15H18F2N4O/c16-12-4-2-1-3-11(12)14(17)10-5-7-21(8-6-10)9-13-18-15(22)20-19-13/h1-4,10,14H,5-9H2,(H2,18,19,20,22). The summed E-state index contributed by atoms with van der Waals surface area (Å²) in [4.78, 5) is 15.7. The molecular formula is C15H18F2N4O. The number of hydrogen-bond acceptors (Lipinski definition) is 3. The molecule has 0 aliphatic carbocycles. The maximum absolute atomic E-state index is 14.5. The van der Waals surface area contributed by atoms with Gasteiger partial charge in [-0.05, 0) is 37.9 Å². The molecule has 1 aliphatic heterocycles. The van der Waals surface area contributed by atoms with Gasteiger partial charge in [-0.1, -0.05) is 18.2 Å². The Labute approximate surface area is 126 Å². The predicted octanol–water partition coefficient (Wildman–Crippen LogP) is 2.16. The first-order valence-electron chi connectivity index (χ1n) is 7.38. The van der Waals surface area contributed by atoms with Crippen molar-refractivity contribution in [3.8, 4) is 0 Å². The molecule has 2 heterocycles. The van der Waals surface area contributed by atoms with Gasteiger partial charge in [0.05, 0.1) is 6.54 Å². The number of nitrogens with one attached hydrogen (secondary N) is 2. The van der Waals surface area contributed by atoms with E-state index < -0.39 is 12.0 Å². The first kappa shape index (κ1) is 14.9. The Bertz CT molecular complexity index is 676. The summed E-state index contributed by atoms with van der Waals surface area (Å²) in [5.41, 5.74) is -0.175. The highest BCUT2D eigenvalue weighted by Crippen LogP contribution is 2.35. The van der Waals surface area contributed by atoms with Gasteiger partial charge in [0.25, 0.3) is 0 Å². The van der Waals surface area contributed by atoms with Gasteiger partial charge in [0.15, 0.2) is 0 Å². The molecule has 1 atom stereocenters. The third-order valence-corrected chi connectivity index (χ3v) is 4.17. The molecule has 1 saturated heterocycles. The summed E-state index contributed by atoms with van der Waals surface area (Å²) >= 11 is 0. The number of halogens is 2. The summed E-state index contributed by atoms with van der Waals surface area (Å²) in [5.74, 6) is -0.0766. The lowest BCUT2D eigenvalue weighted by Crippen LogP contribution is -2.35. The SMILES string of the molecule is O=c1[nH]nc(CN2CCC(C(F)c3ccccc3F)CC2)[nH]1. The highest BCUT2D eigenvalue weighted by Gasteiger charge is 2.29. The zero-order valence-electron chi connectivity index (χ0n) is 12.1. The Morgan fingerprint density at radius 3 is 2.68 bits per heavy atom. The summed E-state index contributed by atoms with van der Waals surface area (Å²) in [6.45, 7) is 1.94. The lowest BCUT2D eigenvalue weighted by Gasteiger charge is -2.33. The molecule has 0 saturated carbocycles. The van der Waals surface area contributed by atoms with Crippen molar-refractivity contribution < 1.29 is 8.78 Å². The predicted molar refractivity (Wildman–Crippen MR) is 77.5 cm³/mol. The number of hydrogen-bond donors (Lipinski definition) is 2. The van der Waals surface area contributed by atoms with E-state index in [4.69, 9.17) is 0 Å². The summed E-state index contributed by atoms with van der Waals surface area (Å²) in [7, 11) is 0. The first-order chi connectivity index (χ1) is 10.6. The van der Waals surface area contributed by atoms with Crippen molar-refractivity contribution in [1.82, 2.24) is 20.1 Å². The zero-order valence-corrected chi connectivity index (χ0v) is 12.1. The number of nitrogens with zero attached hydrogens (tertiary/aromatic N) is 2. The second-order valence-corrected chi connectivity index (χ2v) is 5.66. The van der Waals surface area contributed by atoms with Crippen molar-refractivity contribution in [1.29, 1.82) is 0 Å². The number of piperidine rings is 1. The largest absolute Gasteiger partial charge is 0.340 e. The minimum atomic E-state index is -1.27. The van der Waals surface area contributed by atoms with Crippen LogP contribution in [-0.2, 0) is 6.54 Å². The van der Waals surface area contributed by atoms with Crippen LogP contribution in [-0.4, -0.2) is 33.2 Å². The third-order valence-electron chi connectivity index (χ3n) is 4.17. The molecule has 0 amide bonds. The van der Waals surface area contributed by atoms with Crippen LogP contribution in [0.15, 0.2) is 29.1 Å². The average molecular weight is 308 g/mol. The van der Waals surface area contributed by atoms with E-state index in [9.17, 15) is 13.6 Å². The van der Waals surface area contributed by atoms with Gasteiger partial charge in [-0.25, -0.2) is 18.7 Å². The average Bonchev–Trinajstić information content (AvgIpc) is 2.93. The number of alkyl halides is 1. The third kappa shape index (κ3) is 3.24. The van der Waals surface area contributed by atoms with E-state index in [-0.39, 0.29) is 17.2 Å². The van der Waals surface area contributed by atoms with Crippen LogP contribution in [0.4, 0.5) is 8.78 Å². The molecule has 0 spiro atoms. The molecule has 7 heteroatoms. The maximum Gasteiger partial charge on any atom is 0.340 e. The molecule has 2 N–H and O–H groups in total. The van der Waals surface area contributed by atoms with Crippen molar-refractivity contribution in [3.05, 3.63) is 52.0 Å². The van der Waals surface area contributed by atoms with Crippen LogP contribution in [0.2, 0.25) is 0 Å². The monoisotopic (exact) mass is 308 g/mol. The molecule has 1 unspecified atom stereocenters. The van der Waals surface area contributed by atoms with Crippen LogP contribution >= 0.6 is 0 Å². The fraction of sp³-hybridized carbons (Fsp3) is 0.467. The zero-order chi connectivity index (χ0) is 15.5. The van der Waals surface area contributed by atoms with Gasteiger partial charge in [-0.3, -0.25) is 9.88 Å². The fourth-order valence-corrected chi connectivity index (χ4v) is 2.95. The number of likely N-dealkylation sites (tertiary alicyclic amines) is 1. The van der Waals surface area contributed by atoms with Crippen molar-refractivity contribution in [2.75, 3.05) is 13.1 Å². The van der Waals surface area contributed by atoms with E-state index in [1.165, 1.54) is 12.1 Å². The minimum Gasteiger partial charge on any atom is -0.296 e. The van der Waals surface area contributed by atoms with Gasteiger partial charge in [0.1, 0.15) is 17.8 Å². The van der Waals surface area contributed by atoms with E-state index in [2.05, 4.69) is 20.1 Å². The molecule has 5 nitrogen and oxygen atoms in total. The van der Waals surface area contributed by atoms with Crippen molar-refractivity contribution in [2.24, 2.45) is 5.92 Å². The number of aromatic nitrogens is 3. The van der Waals surface area contributed by atoms with Gasteiger partial charge in [-0.15, -0.1) is 0 Å².